The summed E-state index contributed by atoms with van der Waals surface area (Å²) in [5, 5.41) is 13.0. The Hall–Kier alpha value is -2.27. The van der Waals surface area contributed by atoms with Gasteiger partial charge in [0.25, 0.3) is 0 Å². The Morgan fingerprint density at radius 2 is 2.12 bits per heavy atom. The first-order valence-electron chi connectivity index (χ1n) is 8.60. The van der Waals surface area contributed by atoms with Crippen molar-refractivity contribution < 1.29 is 14.3 Å². The monoisotopic (exact) mass is 326 g/mol. The zero-order valence-corrected chi connectivity index (χ0v) is 13.6. The zero-order chi connectivity index (χ0) is 16.5. The Labute approximate surface area is 141 Å². The molecule has 2 unspecified atom stereocenters. The molecule has 2 aliphatic rings. The van der Waals surface area contributed by atoms with E-state index in [0.29, 0.717) is 6.54 Å². The first kappa shape index (κ1) is 15.3. The molecule has 5 nitrogen and oxygen atoms in total. The number of aryl methyl sites for hydroxylation is 1. The molecule has 2 amide bonds. The molecule has 0 saturated carbocycles. The van der Waals surface area contributed by atoms with Gasteiger partial charge in [-0.3, -0.25) is 0 Å². The molecule has 0 saturated heterocycles. The van der Waals surface area contributed by atoms with Crippen molar-refractivity contribution in [2.45, 2.75) is 37.8 Å². The summed E-state index contributed by atoms with van der Waals surface area (Å²) in [6, 6.07) is 9.61. The van der Waals surface area contributed by atoms with Crippen LogP contribution in [0.2, 0.25) is 0 Å². The average molecular weight is 326 g/mol. The standard InChI is InChI=1S/C19H22N2O3/c22-12-17-14-5-2-1-4-13(14)8-10-21(17)19(23)20-16-6-3-7-18-15(16)9-11-24-18/h1-2,4-5,9,11,16-17,22H,3,6-8,10,12H2,(H,20,23). The summed E-state index contributed by atoms with van der Waals surface area (Å²) in [5.41, 5.74) is 3.36. The maximum Gasteiger partial charge on any atom is 0.318 e. The van der Waals surface area contributed by atoms with Gasteiger partial charge in [0, 0.05) is 18.5 Å². The van der Waals surface area contributed by atoms with Gasteiger partial charge in [-0.15, -0.1) is 0 Å². The highest BCUT2D eigenvalue weighted by atomic mass is 16.3. The lowest BCUT2D eigenvalue weighted by molar-refractivity contribution is 0.124. The molecule has 126 valence electrons. The quantitative estimate of drug-likeness (QED) is 0.892. The molecule has 4 rings (SSSR count). The first-order valence-corrected chi connectivity index (χ1v) is 8.60. The summed E-state index contributed by atoms with van der Waals surface area (Å²) < 4.78 is 5.50. The number of rotatable bonds is 2. The third kappa shape index (κ3) is 2.59. The Bertz CT molecular complexity index is 740. The lowest BCUT2D eigenvalue weighted by Crippen LogP contribution is -2.48. The number of urea groups is 1. The predicted molar refractivity (Wildman–Crippen MR) is 89.6 cm³/mol. The third-order valence-electron chi connectivity index (χ3n) is 5.20. The fourth-order valence-corrected chi connectivity index (χ4v) is 3.96. The minimum absolute atomic E-state index is 0.00323. The van der Waals surface area contributed by atoms with Crippen LogP contribution in [0.1, 0.15) is 47.4 Å². The topological polar surface area (TPSA) is 65.7 Å². The lowest BCUT2D eigenvalue weighted by Gasteiger charge is -2.37. The van der Waals surface area contributed by atoms with Crippen molar-refractivity contribution >= 4 is 6.03 Å². The van der Waals surface area contributed by atoms with Crippen molar-refractivity contribution in [3.63, 3.8) is 0 Å². The Kier molecular flexibility index (Phi) is 4.02. The molecule has 2 aromatic rings. The van der Waals surface area contributed by atoms with E-state index in [0.717, 1.165) is 42.6 Å². The average Bonchev–Trinajstić information content (AvgIpc) is 3.10. The van der Waals surface area contributed by atoms with E-state index in [2.05, 4.69) is 11.4 Å². The molecule has 24 heavy (non-hydrogen) atoms. The minimum atomic E-state index is -0.276. The van der Waals surface area contributed by atoms with Crippen molar-refractivity contribution in [3.05, 3.63) is 59.0 Å². The van der Waals surface area contributed by atoms with Crippen LogP contribution in [0.4, 0.5) is 4.79 Å². The summed E-state index contributed by atoms with van der Waals surface area (Å²) in [6.07, 6.45) is 5.39. The van der Waals surface area contributed by atoms with E-state index in [1.165, 1.54) is 5.56 Å². The summed E-state index contributed by atoms with van der Waals surface area (Å²) in [6.45, 7) is 0.561. The number of nitrogens with zero attached hydrogens (tertiary/aromatic N) is 1. The number of carbonyl (C=O) groups is 1. The molecule has 1 aliphatic heterocycles. The number of hydrogen-bond donors (Lipinski definition) is 2. The molecule has 2 atom stereocenters. The van der Waals surface area contributed by atoms with Gasteiger partial charge >= 0.3 is 6.03 Å². The van der Waals surface area contributed by atoms with Gasteiger partial charge in [0.2, 0.25) is 0 Å². The second-order valence-electron chi connectivity index (χ2n) is 6.53. The second-order valence-corrected chi connectivity index (χ2v) is 6.53. The molecule has 0 spiro atoms. The number of nitrogens with one attached hydrogen (secondary N) is 1. The maximum absolute atomic E-state index is 12.9. The molecule has 1 aromatic carbocycles. The van der Waals surface area contributed by atoms with Crippen LogP contribution in [0.25, 0.3) is 0 Å². The van der Waals surface area contributed by atoms with Crippen LogP contribution >= 0.6 is 0 Å². The van der Waals surface area contributed by atoms with E-state index in [1.54, 1.807) is 11.2 Å². The zero-order valence-electron chi connectivity index (χ0n) is 13.6. The molecule has 0 fully saturated rings. The van der Waals surface area contributed by atoms with Gasteiger partial charge in [-0.05, 0) is 36.5 Å². The number of aliphatic hydroxyl groups is 1. The third-order valence-corrected chi connectivity index (χ3v) is 5.20. The summed E-state index contributed by atoms with van der Waals surface area (Å²) >= 11 is 0. The smallest absolute Gasteiger partial charge is 0.318 e. The number of fused-ring (bicyclic) bond motifs is 2. The van der Waals surface area contributed by atoms with Crippen LogP contribution in [-0.2, 0) is 12.8 Å². The van der Waals surface area contributed by atoms with Gasteiger partial charge in [-0.2, -0.15) is 0 Å². The van der Waals surface area contributed by atoms with Crippen LogP contribution in [0, 0.1) is 0 Å². The molecular weight excluding hydrogens is 304 g/mol. The van der Waals surface area contributed by atoms with E-state index in [9.17, 15) is 9.90 Å². The van der Waals surface area contributed by atoms with Gasteiger partial charge in [-0.25, -0.2) is 4.79 Å². The summed E-state index contributed by atoms with van der Waals surface area (Å²) in [4.78, 5) is 14.6. The summed E-state index contributed by atoms with van der Waals surface area (Å²) in [7, 11) is 0. The minimum Gasteiger partial charge on any atom is -0.469 e. The Morgan fingerprint density at radius 3 is 3.00 bits per heavy atom. The SMILES string of the molecule is O=C(NC1CCCc2occc21)N1CCc2ccccc2C1CO. The van der Waals surface area contributed by atoms with Crippen molar-refractivity contribution in [1.82, 2.24) is 10.2 Å². The molecule has 2 N–H and O–H groups in total. The van der Waals surface area contributed by atoms with Gasteiger partial charge in [-0.1, -0.05) is 24.3 Å². The number of hydrogen-bond acceptors (Lipinski definition) is 3. The van der Waals surface area contributed by atoms with Gasteiger partial charge in [0.05, 0.1) is 25.0 Å². The second kappa shape index (κ2) is 6.32. The maximum atomic E-state index is 12.9. The van der Waals surface area contributed by atoms with Crippen molar-refractivity contribution in [3.8, 4) is 0 Å². The lowest BCUT2D eigenvalue weighted by atomic mass is 9.92. The van der Waals surface area contributed by atoms with Crippen molar-refractivity contribution in [2.75, 3.05) is 13.2 Å². The Morgan fingerprint density at radius 1 is 1.25 bits per heavy atom. The number of furan rings is 1. The van der Waals surface area contributed by atoms with Crippen LogP contribution < -0.4 is 5.32 Å². The molecule has 0 radical (unpaired) electrons. The van der Waals surface area contributed by atoms with Crippen LogP contribution in [0.5, 0.6) is 0 Å². The number of aliphatic hydroxyl groups excluding tert-OH is 1. The van der Waals surface area contributed by atoms with Crippen molar-refractivity contribution in [1.29, 1.82) is 0 Å². The molecule has 2 heterocycles. The van der Waals surface area contributed by atoms with E-state index in [4.69, 9.17) is 4.42 Å². The number of amides is 2. The molecule has 0 bridgehead atoms. The molecular formula is C19H22N2O3. The van der Waals surface area contributed by atoms with Crippen LogP contribution in [-0.4, -0.2) is 29.2 Å². The molecule has 5 heteroatoms. The fraction of sp³-hybridized carbons (Fsp3) is 0.421. The van der Waals surface area contributed by atoms with Crippen LogP contribution in [0.15, 0.2) is 41.0 Å². The highest BCUT2D eigenvalue weighted by molar-refractivity contribution is 5.76. The van der Waals surface area contributed by atoms with Gasteiger partial charge in [0.15, 0.2) is 0 Å². The highest BCUT2D eigenvalue weighted by Crippen LogP contribution is 2.33. The van der Waals surface area contributed by atoms with E-state index in [1.807, 2.05) is 24.3 Å². The first-order chi connectivity index (χ1) is 11.8. The fourth-order valence-electron chi connectivity index (χ4n) is 3.96. The number of carbonyl (C=O) groups excluding carboxylic acids is 1. The Balaban J connectivity index is 1.53. The largest absolute Gasteiger partial charge is 0.469 e. The van der Waals surface area contributed by atoms with E-state index in [-0.39, 0.29) is 24.7 Å². The number of benzene rings is 1. The molecule has 1 aliphatic carbocycles. The van der Waals surface area contributed by atoms with E-state index >= 15 is 0 Å². The highest BCUT2D eigenvalue weighted by Gasteiger charge is 2.32. The summed E-state index contributed by atoms with van der Waals surface area (Å²) in [5.74, 6) is 0.981. The van der Waals surface area contributed by atoms with Gasteiger partial charge in [0.1, 0.15) is 5.76 Å². The van der Waals surface area contributed by atoms with E-state index < -0.39 is 0 Å². The normalized spacial score (nSPS) is 22.6. The van der Waals surface area contributed by atoms with Crippen molar-refractivity contribution in [2.24, 2.45) is 0 Å². The van der Waals surface area contributed by atoms with Gasteiger partial charge < -0.3 is 19.7 Å². The van der Waals surface area contributed by atoms with Crippen LogP contribution in [0.3, 0.4) is 0 Å². The molecule has 1 aromatic heterocycles. The predicted octanol–water partition coefficient (Wildman–Crippen LogP) is 2.96.